The highest BCUT2D eigenvalue weighted by molar-refractivity contribution is 7.14. The van der Waals surface area contributed by atoms with E-state index in [0.717, 1.165) is 5.56 Å². The zero-order chi connectivity index (χ0) is 22.5. The van der Waals surface area contributed by atoms with E-state index in [9.17, 15) is 18.4 Å². The van der Waals surface area contributed by atoms with Crippen LogP contribution in [0.4, 0.5) is 13.9 Å². The predicted molar refractivity (Wildman–Crippen MR) is 113 cm³/mol. The van der Waals surface area contributed by atoms with Crippen LogP contribution < -0.4 is 24.8 Å². The molecule has 1 aliphatic rings. The van der Waals surface area contributed by atoms with E-state index in [4.69, 9.17) is 9.47 Å². The monoisotopic (exact) mass is 461 g/mol. The van der Waals surface area contributed by atoms with E-state index in [0.29, 0.717) is 35.5 Å². The van der Waals surface area contributed by atoms with Gasteiger partial charge in [0.05, 0.1) is 12.2 Å². The minimum Gasteiger partial charge on any atom is -0.486 e. The van der Waals surface area contributed by atoms with E-state index >= 15 is 0 Å². The Morgan fingerprint density at radius 3 is 2.75 bits per heavy atom. The number of anilines is 1. The third kappa shape index (κ3) is 5.30. The van der Waals surface area contributed by atoms with Gasteiger partial charge < -0.3 is 24.8 Å². The first-order valence-corrected chi connectivity index (χ1v) is 10.3. The smallest absolute Gasteiger partial charge is 0.387 e. The lowest BCUT2D eigenvalue weighted by molar-refractivity contribution is -0.115. The number of amides is 2. The summed E-state index contributed by atoms with van der Waals surface area (Å²) < 4.78 is 39.9. The number of hydrogen-bond acceptors (Lipinski definition) is 7. The molecule has 2 heterocycles. The lowest BCUT2D eigenvalue weighted by Crippen LogP contribution is -2.32. The van der Waals surface area contributed by atoms with Crippen LogP contribution in [-0.2, 0) is 4.79 Å². The third-order valence-corrected chi connectivity index (χ3v) is 5.08. The molecule has 0 unspecified atom stereocenters. The first-order chi connectivity index (χ1) is 15.5. The van der Waals surface area contributed by atoms with Gasteiger partial charge in [0.15, 0.2) is 16.6 Å². The quantitative estimate of drug-likeness (QED) is 0.559. The van der Waals surface area contributed by atoms with Gasteiger partial charge in [0.2, 0.25) is 5.91 Å². The van der Waals surface area contributed by atoms with E-state index in [2.05, 4.69) is 20.4 Å². The fourth-order valence-electron chi connectivity index (χ4n) is 2.91. The first-order valence-electron chi connectivity index (χ1n) is 9.46. The van der Waals surface area contributed by atoms with Gasteiger partial charge in [-0.25, -0.2) is 4.98 Å². The van der Waals surface area contributed by atoms with Crippen LogP contribution in [-0.4, -0.2) is 43.2 Å². The normalized spacial score (nSPS) is 12.3. The number of rotatable bonds is 7. The van der Waals surface area contributed by atoms with Crippen LogP contribution in [0.1, 0.15) is 10.4 Å². The largest absolute Gasteiger partial charge is 0.486 e. The van der Waals surface area contributed by atoms with Crippen molar-refractivity contribution in [2.24, 2.45) is 0 Å². The molecule has 0 bridgehead atoms. The Labute approximate surface area is 185 Å². The molecule has 3 aromatic rings. The van der Waals surface area contributed by atoms with Gasteiger partial charge in [-0.15, -0.1) is 11.3 Å². The molecule has 32 heavy (non-hydrogen) atoms. The van der Waals surface area contributed by atoms with Crippen LogP contribution in [0.5, 0.6) is 17.2 Å². The van der Waals surface area contributed by atoms with Crippen molar-refractivity contribution in [1.82, 2.24) is 10.3 Å². The summed E-state index contributed by atoms with van der Waals surface area (Å²) in [6, 6.07) is 10.8. The average molecular weight is 461 g/mol. The minimum absolute atomic E-state index is 0.0890. The summed E-state index contributed by atoms with van der Waals surface area (Å²) in [5.74, 6) is 0.0767. The van der Waals surface area contributed by atoms with Crippen LogP contribution in [0.25, 0.3) is 11.3 Å². The topological polar surface area (TPSA) is 98.8 Å². The van der Waals surface area contributed by atoms with Crippen LogP contribution in [0, 0.1) is 0 Å². The molecule has 8 nitrogen and oxygen atoms in total. The highest BCUT2D eigenvalue weighted by atomic mass is 32.1. The standard InChI is InChI=1S/C21H17F2N3O5S/c22-20(23)31-14-3-1-2-13(8-14)19(28)24-10-18(27)26-21-25-15(11-32-21)12-4-5-16-17(9-12)30-7-6-29-16/h1-5,8-9,11,20H,6-7,10H2,(H,24,28)(H,25,26,27). The van der Waals surface area contributed by atoms with Gasteiger partial charge >= 0.3 is 6.61 Å². The number of aromatic nitrogens is 1. The number of alkyl halides is 2. The number of hydrogen-bond donors (Lipinski definition) is 2. The number of benzene rings is 2. The lowest BCUT2D eigenvalue weighted by atomic mass is 10.1. The molecule has 1 aromatic heterocycles. The molecular weight excluding hydrogens is 444 g/mol. The molecule has 2 aromatic carbocycles. The molecule has 0 radical (unpaired) electrons. The fraction of sp³-hybridized carbons (Fsp3) is 0.190. The summed E-state index contributed by atoms with van der Waals surface area (Å²) in [5.41, 5.74) is 1.55. The summed E-state index contributed by atoms with van der Waals surface area (Å²) in [6.45, 7) is -2.34. The number of fused-ring (bicyclic) bond motifs is 1. The molecule has 0 saturated carbocycles. The lowest BCUT2D eigenvalue weighted by Gasteiger charge is -2.18. The second kappa shape index (κ2) is 9.60. The van der Waals surface area contributed by atoms with Gasteiger partial charge in [-0.2, -0.15) is 8.78 Å². The SMILES string of the molecule is O=C(CNC(=O)c1cccc(OC(F)F)c1)Nc1nc(-c2ccc3c(c2)OCCO3)cs1. The zero-order valence-corrected chi connectivity index (χ0v) is 17.3. The molecule has 0 fully saturated rings. The molecule has 11 heteroatoms. The molecule has 0 atom stereocenters. The molecule has 4 rings (SSSR count). The Morgan fingerprint density at radius 1 is 1.12 bits per heavy atom. The Morgan fingerprint density at radius 2 is 1.94 bits per heavy atom. The van der Waals surface area contributed by atoms with Crippen molar-refractivity contribution in [3.05, 3.63) is 53.4 Å². The number of nitrogens with zero attached hydrogens (tertiary/aromatic N) is 1. The third-order valence-electron chi connectivity index (χ3n) is 4.32. The van der Waals surface area contributed by atoms with Crippen molar-refractivity contribution < 1.29 is 32.6 Å². The van der Waals surface area contributed by atoms with Crippen molar-refractivity contribution >= 4 is 28.3 Å². The molecular formula is C21H17F2N3O5S. The Kier molecular flexibility index (Phi) is 6.45. The zero-order valence-electron chi connectivity index (χ0n) is 16.5. The Hall–Kier alpha value is -3.73. The number of halogens is 2. The molecule has 2 amide bonds. The summed E-state index contributed by atoms with van der Waals surface area (Å²) in [7, 11) is 0. The Bertz CT molecular complexity index is 1140. The highest BCUT2D eigenvalue weighted by Gasteiger charge is 2.15. The maximum atomic E-state index is 12.3. The van der Waals surface area contributed by atoms with Gasteiger partial charge in [-0.05, 0) is 36.4 Å². The van der Waals surface area contributed by atoms with Crippen LogP contribution in [0.2, 0.25) is 0 Å². The van der Waals surface area contributed by atoms with Crippen LogP contribution >= 0.6 is 11.3 Å². The maximum absolute atomic E-state index is 12.3. The van der Waals surface area contributed by atoms with Crippen molar-refractivity contribution in [2.45, 2.75) is 6.61 Å². The van der Waals surface area contributed by atoms with Gasteiger partial charge in [0, 0.05) is 16.5 Å². The molecule has 0 saturated heterocycles. The number of ether oxygens (including phenoxy) is 3. The summed E-state index contributed by atoms with van der Waals surface area (Å²) >= 11 is 1.23. The molecule has 1 aliphatic heterocycles. The van der Waals surface area contributed by atoms with E-state index < -0.39 is 18.4 Å². The summed E-state index contributed by atoms with van der Waals surface area (Å²) in [4.78, 5) is 28.7. The number of carbonyl (C=O) groups excluding carboxylic acids is 2. The molecule has 0 spiro atoms. The minimum atomic E-state index is -3.00. The predicted octanol–water partition coefficient (Wildman–Crippen LogP) is 3.55. The van der Waals surface area contributed by atoms with Crippen LogP contribution in [0.3, 0.4) is 0 Å². The van der Waals surface area contributed by atoms with Crippen molar-refractivity contribution in [3.63, 3.8) is 0 Å². The van der Waals surface area contributed by atoms with Crippen LogP contribution in [0.15, 0.2) is 47.8 Å². The average Bonchev–Trinajstić information content (AvgIpc) is 3.25. The van der Waals surface area contributed by atoms with E-state index in [1.54, 1.807) is 11.4 Å². The van der Waals surface area contributed by atoms with Gasteiger partial charge in [-0.3, -0.25) is 9.59 Å². The van der Waals surface area contributed by atoms with E-state index in [1.807, 2.05) is 12.1 Å². The highest BCUT2D eigenvalue weighted by Crippen LogP contribution is 2.35. The fourth-order valence-corrected chi connectivity index (χ4v) is 3.64. The maximum Gasteiger partial charge on any atom is 0.387 e. The summed E-state index contributed by atoms with van der Waals surface area (Å²) in [5, 5.41) is 7.19. The van der Waals surface area contributed by atoms with Crippen molar-refractivity contribution in [2.75, 3.05) is 25.1 Å². The van der Waals surface area contributed by atoms with Gasteiger partial charge in [0.1, 0.15) is 19.0 Å². The molecule has 0 aliphatic carbocycles. The second-order valence-electron chi connectivity index (χ2n) is 6.53. The number of thiazole rings is 1. The van der Waals surface area contributed by atoms with Crippen molar-refractivity contribution in [1.29, 1.82) is 0 Å². The second-order valence-corrected chi connectivity index (χ2v) is 7.39. The Balaban J connectivity index is 1.32. The van der Waals surface area contributed by atoms with E-state index in [-0.39, 0.29) is 17.9 Å². The molecule has 166 valence electrons. The number of nitrogens with one attached hydrogen (secondary N) is 2. The van der Waals surface area contributed by atoms with E-state index in [1.165, 1.54) is 35.6 Å². The molecule has 2 N–H and O–H groups in total. The number of carbonyl (C=O) groups is 2. The first kappa shape index (κ1) is 21.5. The van der Waals surface area contributed by atoms with Gasteiger partial charge in [0.25, 0.3) is 5.91 Å². The van der Waals surface area contributed by atoms with Gasteiger partial charge in [-0.1, -0.05) is 6.07 Å². The summed E-state index contributed by atoms with van der Waals surface area (Å²) in [6.07, 6.45) is 0. The van der Waals surface area contributed by atoms with Crippen molar-refractivity contribution in [3.8, 4) is 28.5 Å².